The number of aliphatic imine (C=N–C) groups is 1. The number of primary amides is 1. The monoisotopic (exact) mass is 1190 g/mol. The summed E-state index contributed by atoms with van der Waals surface area (Å²) in [6, 6.07) is -13.3. The van der Waals surface area contributed by atoms with E-state index >= 15 is 0 Å². The summed E-state index contributed by atoms with van der Waals surface area (Å²) in [5, 5.41) is 42.8. The molecule has 0 radical (unpaired) electrons. The van der Waals surface area contributed by atoms with E-state index in [1.165, 1.54) is 0 Å². The molecule has 0 saturated heterocycles. The maximum absolute atomic E-state index is 14.3. The molecule has 0 fully saturated rings. The van der Waals surface area contributed by atoms with Crippen LogP contribution in [-0.4, -0.2) is 174 Å². The van der Waals surface area contributed by atoms with Crippen LogP contribution in [0.4, 0.5) is 0 Å². The van der Waals surface area contributed by atoms with Gasteiger partial charge in [-0.2, -0.15) is 12.6 Å². The molecule has 82 heavy (non-hydrogen) atoms. The number of amides is 10. The number of aliphatic hydroxyl groups is 1. The molecule has 0 bridgehead atoms. The predicted molar refractivity (Wildman–Crippen MR) is 311 cm³/mol. The molecular formula is C52H98N16O13S. The number of guanidine groups is 1. The van der Waals surface area contributed by atoms with Gasteiger partial charge in [-0.25, -0.2) is 4.79 Å². The van der Waals surface area contributed by atoms with Crippen LogP contribution in [0.25, 0.3) is 0 Å². The van der Waals surface area contributed by atoms with Crippen molar-refractivity contribution < 1.29 is 63.0 Å². The molecule has 0 aromatic rings. The van der Waals surface area contributed by atoms with Crippen LogP contribution in [0, 0.1) is 23.7 Å². The molecule has 0 unspecified atom stereocenters. The summed E-state index contributed by atoms with van der Waals surface area (Å²) in [4.78, 5) is 152. The van der Waals surface area contributed by atoms with Gasteiger partial charge in [-0.05, 0) is 107 Å². The molecule has 0 rings (SSSR count). The summed E-state index contributed by atoms with van der Waals surface area (Å²) in [6.45, 7) is 13.6. The van der Waals surface area contributed by atoms with E-state index in [-0.39, 0.29) is 81.7 Å². The number of carboxylic acid groups (broad SMARTS) is 1. The van der Waals surface area contributed by atoms with Crippen LogP contribution in [0.1, 0.15) is 139 Å². The third-order valence-electron chi connectivity index (χ3n) is 13.1. The van der Waals surface area contributed by atoms with Crippen LogP contribution in [0.15, 0.2) is 4.99 Å². The topological polar surface area (TPSA) is 505 Å². The minimum Gasteiger partial charge on any atom is -0.480 e. The molecule has 0 aliphatic carbocycles. The van der Waals surface area contributed by atoms with Gasteiger partial charge in [0.25, 0.3) is 0 Å². The molecule has 0 saturated carbocycles. The van der Waals surface area contributed by atoms with Crippen molar-refractivity contribution in [1.29, 1.82) is 0 Å². The van der Waals surface area contributed by atoms with Crippen molar-refractivity contribution in [2.45, 2.75) is 199 Å². The fraction of sp³-hybridized carbons (Fsp3) is 0.769. The smallest absolute Gasteiger partial charge is 0.326 e. The Bertz CT molecular complexity index is 2100. The number of hydrogen-bond donors (Lipinski definition) is 18. The lowest BCUT2D eigenvalue weighted by Gasteiger charge is -2.29. The molecule has 0 aliphatic heterocycles. The van der Waals surface area contributed by atoms with Gasteiger partial charge in [-0.1, -0.05) is 61.8 Å². The van der Waals surface area contributed by atoms with E-state index in [9.17, 15) is 63.0 Å². The van der Waals surface area contributed by atoms with Gasteiger partial charge >= 0.3 is 5.97 Å². The highest BCUT2D eigenvalue weighted by atomic mass is 32.1. The summed E-state index contributed by atoms with van der Waals surface area (Å²) in [6.07, 6.45) is 1.69. The number of nitrogens with one attached hydrogen (secondary N) is 9. The van der Waals surface area contributed by atoms with E-state index < -0.39 is 150 Å². The van der Waals surface area contributed by atoms with E-state index in [1.54, 1.807) is 41.5 Å². The van der Waals surface area contributed by atoms with Crippen molar-refractivity contribution in [3.8, 4) is 0 Å². The van der Waals surface area contributed by atoms with E-state index in [4.69, 9.17) is 34.4 Å². The number of carbonyl (C=O) groups is 11. The Hall–Kier alpha value is -6.37. The first-order valence-corrected chi connectivity index (χ1v) is 28.8. The van der Waals surface area contributed by atoms with E-state index in [1.807, 2.05) is 13.8 Å². The van der Waals surface area contributed by atoms with Crippen LogP contribution in [0.5, 0.6) is 0 Å². The first-order chi connectivity index (χ1) is 38.5. The molecule has 30 heteroatoms. The van der Waals surface area contributed by atoms with Gasteiger partial charge in [0.05, 0.1) is 12.6 Å². The highest BCUT2D eigenvalue weighted by Crippen LogP contribution is 2.14. The molecule has 10 amide bonds. The van der Waals surface area contributed by atoms with Gasteiger partial charge < -0.3 is 92.5 Å². The first-order valence-electron chi connectivity index (χ1n) is 28.2. The maximum atomic E-state index is 14.3. The van der Waals surface area contributed by atoms with Gasteiger partial charge in [0.1, 0.15) is 54.4 Å². The number of unbranched alkanes of at least 4 members (excludes halogenated alkanes) is 2. The minimum absolute atomic E-state index is 0.00695. The molecule has 0 spiro atoms. The second kappa shape index (κ2) is 40.8. The quantitative estimate of drug-likeness (QED) is 0.0120. The lowest BCUT2D eigenvalue weighted by atomic mass is 9.97. The number of carboxylic acids is 1. The Morgan fingerprint density at radius 2 is 0.890 bits per heavy atom. The van der Waals surface area contributed by atoms with Crippen molar-refractivity contribution >= 4 is 83.6 Å². The van der Waals surface area contributed by atoms with E-state index in [0.717, 1.165) is 0 Å². The molecular weight excluding hydrogens is 1090 g/mol. The maximum Gasteiger partial charge on any atom is 0.326 e. The van der Waals surface area contributed by atoms with Crippen molar-refractivity contribution in [2.24, 2.45) is 63.1 Å². The average Bonchev–Trinajstić information content (AvgIpc) is 3.43. The second-order valence-corrected chi connectivity index (χ2v) is 22.0. The SMILES string of the molecule is CC[C@H](C)[C@H](NC(=O)[C@H](CCC(N)=O)NC(=O)[C@H](CCCCN)NC(=O)[C@H](CCCCN)NC(=O)[C@H](CS)NC(=O)[C@H](CC(C)C)NC(=O)[C@@H](NC(=O)[C@@H](N)CCCN=C(N)N)C(C)C)C(=O)N[C@@H](CO)C(=O)N[C@@H](CC(C)C)C(=O)O. The number of rotatable bonds is 43. The molecule has 29 nitrogen and oxygen atoms in total. The number of aliphatic carboxylic acids is 1. The Morgan fingerprint density at radius 1 is 0.488 bits per heavy atom. The van der Waals surface area contributed by atoms with Crippen LogP contribution < -0.4 is 82.3 Å². The molecule has 11 atom stereocenters. The zero-order valence-electron chi connectivity index (χ0n) is 49.1. The highest BCUT2D eigenvalue weighted by molar-refractivity contribution is 7.80. The van der Waals surface area contributed by atoms with Gasteiger partial charge in [0, 0.05) is 18.7 Å². The van der Waals surface area contributed by atoms with E-state index in [0.29, 0.717) is 38.5 Å². The van der Waals surface area contributed by atoms with Gasteiger partial charge in [0.15, 0.2) is 5.96 Å². The van der Waals surface area contributed by atoms with Crippen LogP contribution in [0.3, 0.4) is 0 Å². The highest BCUT2D eigenvalue weighted by Gasteiger charge is 2.37. The first kappa shape index (κ1) is 75.6. The molecule has 0 aliphatic rings. The Labute approximate surface area is 487 Å². The summed E-state index contributed by atoms with van der Waals surface area (Å²) < 4.78 is 0. The number of aliphatic hydroxyl groups excluding tert-OH is 1. The van der Waals surface area contributed by atoms with Crippen LogP contribution in [0.2, 0.25) is 0 Å². The number of nitrogens with zero attached hydrogens (tertiary/aromatic N) is 1. The third-order valence-corrected chi connectivity index (χ3v) is 13.5. The lowest BCUT2D eigenvalue weighted by Crippen LogP contribution is -2.61. The molecule has 0 aromatic carbocycles. The summed E-state index contributed by atoms with van der Waals surface area (Å²) in [5.41, 5.74) is 33.8. The summed E-state index contributed by atoms with van der Waals surface area (Å²) >= 11 is 4.31. The van der Waals surface area contributed by atoms with Gasteiger partial charge in [0.2, 0.25) is 59.1 Å². The number of nitrogens with two attached hydrogens (primary N) is 6. The predicted octanol–water partition coefficient (Wildman–Crippen LogP) is -3.95. The summed E-state index contributed by atoms with van der Waals surface area (Å²) in [7, 11) is 0. The zero-order chi connectivity index (χ0) is 62.8. The van der Waals surface area contributed by atoms with E-state index in [2.05, 4.69) is 65.5 Å². The average molecular weight is 1190 g/mol. The standard InChI is InChI=1S/C52H98N16O13S/c1-9-30(8)41(50(79)65-37(25-69)47(76)64-36(51(80)81)24-28(4)5)68-45(74)34(18-19-39(56)70)62-44(73)32(16-10-12-20-53)60-43(72)33(17-11-13-21-54)61-48(77)38(26-82)66-46(75)35(23-27(2)3)63-49(78)40(29(6)7)67-42(71)31(55)15-14-22-59-52(57)58/h27-38,40-41,69,82H,9-26,53-55H2,1-8H3,(H2,56,70)(H,60,72)(H,61,77)(H,62,73)(H,63,78)(H,64,76)(H,65,79)(H,66,75)(H,67,71)(H,68,74)(H,80,81)(H4,57,58,59)/t30-,31-,32-,33-,34-,35-,36-,37-,38-,40-,41-/m0/s1. The van der Waals surface area contributed by atoms with Crippen molar-refractivity contribution in [3.63, 3.8) is 0 Å². The second-order valence-electron chi connectivity index (χ2n) is 21.6. The third kappa shape index (κ3) is 30.1. The largest absolute Gasteiger partial charge is 0.480 e. The fourth-order valence-electron chi connectivity index (χ4n) is 8.15. The van der Waals surface area contributed by atoms with Crippen molar-refractivity contribution in [3.05, 3.63) is 0 Å². The Kier molecular flexibility index (Phi) is 37.6. The number of hydrogen-bond acceptors (Lipinski definition) is 17. The Morgan fingerprint density at radius 3 is 1.33 bits per heavy atom. The van der Waals surface area contributed by atoms with Crippen molar-refractivity contribution in [2.75, 3.05) is 32.0 Å². The van der Waals surface area contributed by atoms with Crippen molar-refractivity contribution in [1.82, 2.24) is 47.9 Å². The summed E-state index contributed by atoms with van der Waals surface area (Å²) in [5.74, 6) is -11.5. The molecule has 0 aromatic heterocycles. The Balaban J connectivity index is 6.69. The number of carbonyl (C=O) groups excluding carboxylic acids is 10. The number of thiol groups is 1. The van der Waals surface area contributed by atoms with Gasteiger partial charge in [-0.15, -0.1) is 0 Å². The zero-order valence-corrected chi connectivity index (χ0v) is 49.9. The normalized spacial score (nSPS) is 15.3. The lowest BCUT2D eigenvalue weighted by molar-refractivity contribution is -0.143. The van der Waals surface area contributed by atoms with Crippen LogP contribution >= 0.6 is 12.6 Å². The van der Waals surface area contributed by atoms with Crippen LogP contribution in [-0.2, 0) is 52.7 Å². The molecule has 470 valence electrons. The fourth-order valence-corrected chi connectivity index (χ4v) is 8.41. The molecule has 0 heterocycles. The minimum atomic E-state index is -1.63. The van der Waals surface area contributed by atoms with Gasteiger partial charge in [-0.3, -0.25) is 52.9 Å². The molecule has 23 N–H and O–H groups in total.